The minimum atomic E-state index is -0.519. The van der Waals surface area contributed by atoms with Crippen LogP contribution in [0.5, 0.6) is 0 Å². The van der Waals surface area contributed by atoms with E-state index in [-0.39, 0.29) is 12.1 Å². The number of hydrogen-bond donors (Lipinski definition) is 2. The standard InChI is InChI=1S/C12H19ClN2O2S/c1-7(15-11(16)17-12(2,3)4)9(14)10-8(13)5-6-18-10/h5-7,9H,14H2,1-4H3,(H,15,16)/t7-,9-/m0/s1. The lowest BCUT2D eigenvalue weighted by molar-refractivity contribution is 0.0502. The molecule has 18 heavy (non-hydrogen) atoms. The van der Waals surface area contributed by atoms with Crippen molar-refractivity contribution in [3.63, 3.8) is 0 Å². The normalized spacial score (nSPS) is 15.0. The van der Waals surface area contributed by atoms with Crippen molar-refractivity contribution in [1.82, 2.24) is 5.32 Å². The smallest absolute Gasteiger partial charge is 0.407 e. The Labute approximate surface area is 116 Å². The number of alkyl carbamates (subject to hydrolysis) is 1. The van der Waals surface area contributed by atoms with Gasteiger partial charge < -0.3 is 15.8 Å². The predicted octanol–water partition coefficient (Wildman–Crippen LogP) is 3.31. The van der Waals surface area contributed by atoms with Crippen molar-refractivity contribution in [1.29, 1.82) is 0 Å². The van der Waals surface area contributed by atoms with Gasteiger partial charge >= 0.3 is 6.09 Å². The quantitative estimate of drug-likeness (QED) is 0.897. The van der Waals surface area contributed by atoms with E-state index in [0.29, 0.717) is 5.02 Å². The zero-order chi connectivity index (χ0) is 13.9. The second-order valence-electron chi connectivity index (χ2n) is 5.09. The van der Waals surface area contributed by atoms with Crippen molar-refractivity contribution in [2.45, 2.75) is 45.4 Å². The maximum atomic E-state index is 11.6. The van der Waals surface area contributed by atoms with E-state index in [0.717, 1.165) is 4.88 Å². The summed E-state index contributed by atoms with van der Waals surface area (Å²) in [7, 11) is 0. The monoisotopic (exact) mass is 290 g/mol. The van der Waals surface area contributed by atoms with Gasteiger partial charge in [-0.1, -0.05) is 11.6 Å². The number of carbonyl (C=O) groups is 1. The molecule has 6 heteroatoms. The van der Waals surface area contributed by atoms with Crippen molar-refractivity contribution in [3.05, 3.63) is 21.3 Å². The largest absolute Gasteiger partial charge is 0.444 e. The van der Waals surface area contributed by atoms with E-state index in [1.54, 1.807) is 6.07 Å². The Morgan fingerprint density at radius 2 is 2.17 bits per heavy atom. The number of amides is 1. The first kappa shape index (κ1) is 15.3. The molecule has 1 aromatic heterocycles. The lowest BCUT2D eigenvalue weighted by Gasteiger charge is -2.24. The molecule has 0 unspecified atom stereocenters. The molecule has 3 N–H and O–H groups in total. The first-order chi connectivity index (χ1) is 8.20. The van der Waals surface area contributed by atoms with Gasteiger partial charge in [0.25, 0.3) is 0 Å². The average molecular weight is 291 g/mol. The summed E-state index contributed by atoms with van der Waals surface area (Å²) in [5.41, 5.74) is 5.53. The summed E-state index contributed by atoms with van der Waals surface area (Å²) in [4.78, 5) is 12.5. The number of halogens is 1. The second kappa shape index (κ2) is 5.91. The highest BCUT2D eigenvalue weighted by atomic mass is 35.5. The topological polar surface area (TPSA) is 64.3 Å². The fraction of sp³-hybridized carbons (Fsp3) is 0.583. The van der Waals surface area contributed by atoms with Gasteiger partial charge in [0, 0.05) is 10.9 Å². The van der Waals surface area contributed by atoms with Crippen molar-refractivity contribution < 1.29 is 9.53 Å². The molecule has 1 amide bonds. The molecular formula is C12H19ClN2O2S. The molecule has 0 spiro atoms. The molecule has 1 heterocycles. The number of nitrogens with two attached hydrogens (primary N) is 1. The summed E-state index contributed by atoms with van der Waals surface area (Å²) in [6, 6.07) is 1.20. The Kier molecular flexibility index (Phi) is 5.01. The lowest BCUT2D eigenvalue weighted by Crippen LogP contribution is -2.42. The zero-order valence-electron chi connectivity index (χ0n) is 11.0. The third kappa shape index (κ3) is 4.48. The molecule has 102 valence electrons. The van der Waals surface area contributed by atoms with E-state index in [9.17, 15) is 4.79 Å². The van der Waals surface area contributed by atoms with E-state index in [1.165, 1.54) is 11.3 Å². The molecule has 0 aliphatic carbocycles. The molecule has 0 aromatic carbocycles. The van der Waals surface area contributed by atoms with Crippen LogP contribution in [-0.2, 0) is 4.74 Å². The van der Waals surface area contributed by atoms with Crippen LogP contribution < -0.4 is 11.1 Å². The Hall–Kier alpha value is -0.780. The van der Waals surface area contributed by atoms with Gasteiger partial charge in [-0.2, -0.15) is 0 Å². The van der Waals surface area contributed by atoms with Crippen molar-refractivity contribution >= 4 is 29.0 Å². The summed E-state index contributed by atoms with van der Waals surface area (Å²) in [5.74, 6) is 0. The van der Waals surface area contributed by atoms with Crippen molar-refractivity contribution in [2.24, 2.45) is 5.73 Å². The fourth-order valence-electron chi connectivity index (χ4n) is 1.35. The molecule has 0 aliphatic rings. The molecule has 0 saturated carbocycles. The van der Waals surface area contributed by atoms with Gasteiger partial charge in [0.1, 0.15) is 5.60 Å². The summed E-state index contributed by atoms with van der Waals surface area (Å²) in [5, 5.41) is 5.22. The summed E-state index contributed by atoms with van der Waals surface area (Å²) < 4.78 is 5.17. The fourth-order valence-corrected chi connectivity index (χ4v) is 2.64. The van der Waals surface area contributed by atoms with Crippen LogP contribution in [0.1, 0.15) is 38.6 Å². The molecule has 0 bridgehead atoms. The molecule has 0 fully saturated rings. The number of ether oxygens (including phenoxy) is 1. The van der Waals surface area contributed by atoms with Gasteiger partial charge in [0.2, 0.25) is 0 Å². The number of carbonyl (C=O) groups excluding carboxylic acids is 1. The molecule has 2 atom stereocenters. The zero-order valence-corrected chi connectivity index (χ0v) is 12.6. The molecule has 0 saturated heterocycles. The molecule has 4 nitrogen and oxygen atoms in total. The Bertz CT molecular complexity index is 414. The molecule has 0 radical (unpaired) electrons. The van der Waals surface area contributed by atoms with Crippen LogP contribution in [-0.4, -0.2) is 17.7 Å². The average Bonchev–Trinajstić information content (AvgIpc) is 2.60. The predicted molar refractivity (Wildman–Crippen MR) is 75.1 cm³/mol. The number of rotatable bonds is 3. The van der Waals surface area contributed by atoms with E-state index < -0.39 is 11.7 Å². The molecule has 0 aliphatic heterocycles. The Balaban J connectivity index is 2.58. The third-order valence-electron chi connectivity index (χ3n) is 2.23. The maximum absolute atomic E-state index is 11.6. The van der Waals surface area contributed by atoms with Gasteiger partial charge in [-0.3, -0.25) is 0 Å². The van der Waals surface area contributed by atoms with Crippen LogP contribution >= 0.6 is 22.9 Å². The van der Waals surface area contributed by atoms with E-state index >= 15 is 0 Å². The van der Waals surface area contributed by atoms with Gasteiger partial charge in [-0.25, -0.2) is 4.79 Å². The van der Waals surface area contributed by atoms with Gasteiger partial charge in [0.05, 0.1) is 11.1 Å². The number of nitrogens with one attached hydrogen (secondary N) is 1. The van der Waals surface area contributed by atoms with Crippen LogP contribution in [0.15, 0.2) is 11.4 Å². The van der Waals surface area contributed by atoms with E-state index in [4.69, 9.17) is 22.1 Å². The van der Waals surface area contributed by atoms with Crippen molar-refractivity contribution in [2.75, 3.05) is 0 Å². The summed E-state index contributed by atoms with van der Waals surface area (Å²) in [6.07, 6.45) is -0.474. The number of thiophene rings is 1. The first-order valence-electron chi connectivity index (χ1n) is 5.68. The van der Waals surface area contributed by atoms with Gasteiger partial charge in [0.15, 0.2) is 0 Å². The Morgan fingerprint density at radius 1 is 1.56 bits per heavy atom. The van der Waals surface area contributed by atoms with Crippen LogP contribution in [0, 0.1) is 0 Å². The minimum absolute atomic E-state index is 0.254. The second-order valence-corrected chi connectivity index (χ2v) is 6.45. The minimum Gasteiger partial charge on any atom is -0.444 e. The SMILES string of the molecule is C[C@H](NC(=O)OC(C)(C)C)[C@H](N)c1sccc1Cl. The number of hydrogen-bond acceptors (Lipinski definition) is 4. The van der Waals surface area contributed by atoms with E-state index in [1.807, 2.05) is 33.1 Å². The van der Waals surface area contributed by atoms with Crippen LogP contribution in [0.25, 0.3) is 0 Å². The maximum Gasteiger partial charge on any atom is 0.407 e. The van der Waals surface area contributed by atoms with Gasteiger partial charge in [-0.15, -0.1) is 11.3 Å². The lowest BCUT2D eigenvalue weighted by atomic mass is 10.1. The molecular weight excluding hydrogens is 272 g/mol. The Morgan fingerprint density at radius 3 is 2.61 bits per heavy atom. The first-order valence-corrected chi connectivity index (χ1v) is 6.94. The highest BCUT2D eigenvalue weighted by molar-refractivity contribution is 7.10. The molecule has 1 rings (SSSR count). The molecule has 1 aromatic rings. The highest BCUT2D eigenvalue weighted by Gasteiger charge is 2.23. The van der Waals surface area contributed by atoms with Crippen LogP contribution in [0.2, 0.25) is 5.02 Å². The van der Waals surface area contributed by atoms with Crippen LogP contribution in [0.4, 0.5) is 4.79 Å². The van der Waals surface area contributed by atoms with Crippen LogP contribution in [0.3, 0.4) is 0 Å². The van der Waals surface area contributed by atoms with Crippen molar-refractivity contribution in [3.8, 4) is 0 Å². The summed E-state index contributed by atoms with van der Waals surface area (Å²) >= 11 is 7.49. The van der Waals surface area contributed by atoms with Gasteiger partial charge in [-0.05, 0) is 39.1 Å². The van der Waals surface area contributed by atoms with E-state index in [2.05, 4.69) is 5.32 Å². The summed E-state index contributed by atoms with van der Waals surface area (Å²) in [6.45, 7) is 7.26. The third-order valence-corrected chi connectivity index (χ3v) is 3.69. The highest BCUT2D eigenvalue weighted by Crippen LogP contribution is 2.29.